The Balaban J connectivity index is 1.53. The number of anilines is 1. The minimum Gasteiger partial charge on any atom is -0.494 e. The van der Waals surface area contributed by atoms with Crippen LogP contribution in [0.15, 0.2) is 71.3 Å². The van der Waals surface area contributed by atoms with Crippen molar-refractivity contribution in [3.63, 3.8) is 0 Å². The highest BCUT2D eigenvalue weighted by Gasteiger charge is 2.14. The number of unbranched alkanes of at least 4 members (excludes halogenated alkanes) is 4. The van der Waals surface area contributed by atoms with Crippen molar-refractivity contribution in [2.45, 2.75) is 45.6 Å². The van der Waals surface area contributed by atoms with Gasteiger partial charge in [-0.1, -0.05) is 44.7 Å². The number of hydrogen-bond donors (Lipinski definition) is 2. The summed E-state index contributed by atoms with van der Waals surface area (Å²) >= 11 is 0. The molecule has 3 aromatic rings. The molecular weight excluding hydrogens is 404 g/mol. The number of rotatable bonds is 12. The number of furan rings is 1. The lowest BCUT2D eigenvalue weighted by molar-refractivity contribution is 0.0949. The monoisotopic (exact) mass is 434 g/mol. The first-order chi connectivity index (χ1) is 15.7. The summed E-state index contributed by atoms with van der Waals surface area (Å²) in [6.07, 6.45) is 7.48. The van der Waals surface area contributed by atoms with Crippen molar-refractivity contribution >= 4 is 17.5 Å². The Morgan fingerprint density at radius 1 is 0.875 bits per heavy atom. The number of amides is 2. The molecule has 32 heavy (non-hydrogen) atoms. The second-order valence-electron chi connectivity index (χ2n) is 7.55. The Morgan fingerprint density at radius 3 is 2.41 bits per heavy atom. The second kappa shape index (κ2) is 12.3. The van der Waals surface area contributed by atoms with Crippen LogP contribution in [0.3, 0.4) is 0 Å². The van der Waals surface area contributed by atoms with Crippen LogP contribution in [0.1, 0.15) is 65.5 Å². The van der Waals surface area contributed by atoms with Crippen molar-refractivity contribution < 1.29 is 18.7 Å². The summed E-state index contributed by atoms with van der Waals surface area (Å²) in [5.74, 6) is 0.820. The molecule has 0 aliphatic rings. The van der Waals surface area contributed by atoms with Crippen LogP contribution in [-0.2, 0) is 6.54 Å². The summed E-state index contributed by atoms with van der Waals surface area (Å²) in [6, 6.07) is 17.5. The molecule has 0 bridgehead atoms. The van der Waals surface area contributed by atoms with Crippen molar-refractivity contribution in [3.05, 3.63) is 83.8 Å². The van der Waals surface area contributed by atoms with Gasteiger partial charge in [0.2, 0.25) is 0 Å². The van der Waals surface area contributed by atoms with Crippen LogP contribution in [0.25, 0.3) is 0 Å². The van der Waals surface area contributed by atoms with E-state index in [1.165, 1.54) is 25.7 Å². The Morgan fingerprint density at radius 2 is 1.66 bits per heavy atom. The van der Waals surface area contributed by atoms with Gasteiger partial charge in [-0.15, -0.1) is 0 Å². The van der Waals surface area contributed by atoms with Crippen LogP contribution in [0.5, 0.6) is 5.75 Å². The van der Waals surface area contributed by atoms with E-state index < -0.39 is 0 Å². The molecule has 0 atom stereocenters. The van der Waals surface area contributed by atoms with Crippen LogP contribution >= 0.6 is 0 Å². The molecule has 6 heteroatoms. The van der Waals surface area contributed by atoms with Crippen molar-refractivity contribution in [1.82, 2.24) is 5.32 Å². The highest BCUT2D eigenvalue weighted by molar-refractivity contribution is 6.09. The lowest BCUT2D eigenvalue weighted by Crippen LogP contribution is -2.24. The number of para-hydroxylation sites is 1. The lowest BCUT2D eigenvalue weighted by Gasteiger charge is -2.12. The van der Waals surface area contributed by atoms with Crippen LogP contribution in [-0.4, -0.2) is 18.4 Å². The highest BCUT2D eigenvalue weighted by atomic mass is 16.5. The van der Waals surface area contributed by atoms with Gasteiger partial charge in [0, 0.05) is 5.56 Å². The molecule has 0 fully saturated rings. The molecule has 0 saturated heterocycles. The maximum absolute atomic E-state index is 12.7. The van der Waals surface area contributed by atoms with Crippen LogP contribution in [0, 0.1) is 0 Å². The molecule has 1 aromatic heterocycles. The first-order valence-corrected chi connectivity index (χ1v) is 11.1. The third kappa shape index (κ3) is 7.01. The predicted octanol–water partition coefficient (Wildman–Crippen LogP) is 5.81. The number of carbonyl (C=O) groups is 2. The van der Waals surface area contributed by atoms with Gasteiger partial charge in [0.1, 0.15) is 11.5 Å². The molecule has 2 N–H and O–H groups in total. The Bertz CT molecular complexity index is 981. The molecule has 2 amide bonds. The Labute approximate surface area is 189 Å². The number of nitrogens with one attached hydrogen (secondary N) is 2. The van der Waals surface area contributed by atoms with Gasteiger partial charge in [0.25, 0.3) is 11.8 Å². The molecule has 0 radical (unpaired) electrons. The van der Waals surface area contributed by atoms with Crippen LogP contribution in [0.2, 0.25) is 0 Å². The summed E-state index contributed by atoms with van der Waals surface area (Å²) in [4.78, 5) is 25.3. The minimum absolute atomic E-state index is 0.272. The maximum atomic E-state index is 12.7. The van der Waals surface area contributed by atoms with Crippen molar-refractivity contribution in [2.24, 2.45) is 0 Å². The molecule has 2 aromatic carbocycles. The van der Waals surface area contributed by atoms with Crippen molar-refractivity contribution in [3.8, 4) is 5.75 Å². The van der Waals surface area contributed by atoms with Gasteiger partial charge < -0.3 is 19.8 Å². The van der Waals surface area contributed by atoms with Gasteiger partial charge in [-0.25, -0.2) is 0 Å². The quantitative estimate of drug-likeness (QED) is 0.353. The molecular formula is C26H30N2O4. The number of benzene rings is 2. The second-order valence-corrected chi connectivity index (χ2v) is 7.55. The van der Waals surface area contributed by atoms with E-state index in [2.05, 4.69) is 17.6 Å². The van der Waals surface area contributed by atoms with Crippen LogP contribution in [0.4, 0.5) is 5.69 Å². The fourth-order valence-corrected chi connectivity index (χ4v) is 3.26. The average Bonchev–Trinajstić information content (AvgIpc) is 3.34. The zero-order valence-corrected chi connectivity index (χ0v) is 18.4. The van der Waals surface area contributed by atoms with E-state index in [9.17, 15) is 9.59 Å². The lowest BCUT2D eigenvalue weighted by atomic mass is 10.1. The Hall–Kier alpha value is -3.54. The van der Waals surface area contributed by atoms with Gasteiger partial charge >= 0.3 is 0 Å². The van der Waals surface area contributed by atoms with Gasteiger partial charge in [-0.2, -0.15) is 0 Å². The molecule has 3 rings (SSSR count). The predicted molar refractivity (Wildman–Crippen MR) is 125 cm³/mol. The highest BCUT2D eigenvalue weighted by Crippen LogP contribution is 2.18. The number of hydrogen-bond acceptors (Lipinski definition) is 4. The first-order valence-electron chi connectivity index (χ1n) is 11.1. The molecule has 168 valence electrons. The van der Waals surface area contributed by atoms with E-state index in [1.54, 1.807) is 66.9 Å². The largest absolute Gasteiger partial charge is 0.494 e. The van der Waals surface area contributed by atoms with Gasteiger partial charge in [0.15, 0.2) is 0 Å². The minimum atomic E-state index is -0.292. The molecule has 6 nitrogen and oxygen atoms in total. The van der Waals surface area contributed by atoms with Crippen molar-refractivity contribution in [1.29, 1.82) is 0 Å². The smallest absolute Gasteiger partial charge is 0.255 e. The molecule has 0 aliphatic heterocycles. The maximum Gasteiger partial charge on any atom is 0.255 e. The molecule has 0 aliphatic carbocycles. The van der Waals surface area contributed by atoms with Gasteiger partial charge in [0.05, 0.1) is 30.7 Å². The zero-order valence-electron chi connectivity index (χ0n) is 18.4. The average molecular weight is 435 g/mol. The number of ether oxygens (including phenoxy) is 1. The summed E-state index contributed by atoms with van der Waals surface area (Å²) in [6.45, 7) is 3.15. The summed E-state index contributed by atoms with van der Waals surface area (Å²) in [5.41, 5.74) is 1.32. The third-order valence-electron chi connectivity index (χ3n) is 5.06. The fraction of sp³-hybridized carbons (Fsp3) is 0.308. The fourth-order valence-electron chi connectivity index (χ4n) is 3.26. The zero-order chi connectivity index (χ0) is 22.6. The van der Waals surface area contributed by atoms with E-state index in [0.29, 0.717) is 29.2 Å². The standard InChI is InChI=1S/C26H30N2O4/c1-2-3-4-5-8-17-31-21-15-13-20(14-16-21)25(29)28-24-12-7-6-11-23(24)26(30)27-19-22-10-9-18-32-22/h6-7,9-16,18H,2-5,8,17,19H2,1H3,(H,27,30)(H,28,29). The topological polar surface area (TPSA) is 80.6 Å². The Kier molecular flexibility index (Phi) is 8.92. The SMILES string of the molecule is CCCCCCCOc1ccc(C(=O)Nc2ccccc2C(=O)NCc2ccco2)cc1. The van der Waals surface area contributed by atoms with E-state index in [4.69, 9.17) is 9.15 Å². The summed E-state index contributed by atoms with van der Waals surface area (Å²) < 4.78 is 11.0. The van der Waals surface area contributed by atoms with Crippen molar-refractivity contribution in [2.75, 3.05) is 11.9 Å². The van der Waals surface area contributed by atoms with E-state index in [1.807, 2.05) is 0 Å². The third-order valence-corrected chi connectivity index (χ3v) is 5.06. The summed E-state index contributed by atoms with van der Waals surface area (Å²) in [5, 5.41) is 5.63. The number of carbonyl (C=O) groups excluding carboxylic acids is 2. The van der Waals surface area contributed by atoms with E-state index >= 15 is 0 Å². The van der Waals surface area contributed by atoms with Gasteiger partial charge in [-0.05, 0) is 55.0 Å². The molecule has 0 saturated carbocycles. The molecule has 0 spiro atoms. The van der Waals surface area contributed by atoms with Gasteiger partial charge in [-0.3, -0.25) is 9.59 Å². The summed E-state index contributed by atoms with van der Waals surface area (Å²) in [7, 11) is 0. The van der Waals surface area contributed by atoms with E-state index in [0.717, 1.165) is 12.2 Å². The first kappa shape index (κ1) is 23.1. The molecule has 0 unspecified atom stereocenters. The van der Waals surface area contributed by atoms with E-state index in [-0.39, 0.29) is 18.4 Å². The molecule has 1 heterocycles. The normalized spacial score (nSPS) is 10.5. The van der Waals surface area contributed by atoms with Crippen LogP contribution < -0.4 is 15.4 Å².